The van der Waals surface area contributed by atoms with Crippen LogP contribution in [0.15, 0.2) is 24.3 Å². The van der Waals surface area contributed by atoms with E-state index in [1.54, 1.807) is 24.3 Å². The fourth-order valence-corrected chi connectivity index (χ4v) is 1.74. The third kappa shape index (κ3) is 6.89. The molecule has 0 radical (unpaired) electrons. The molecule has 0 saturated carbocycles. The first-order valence-corrected chi connectivity index (χ1v) is 6.81. The number of carbonyl (C=O) groups excluding carboxylic acids is 1. The van der Waals surface area contributed by atoms with Gasteiger partial charge in [0.2, 0.25) is 5.91 Å². The normalized spacial score (nSPS) is 10.6. The smallest absolute Gasteiger partial charge is 0.307 e. The summed E-state index contributed by atoms with van der Waals surface area (Å²) in [5.41, 5.74) is 1.41. The zero-order valence-corrected chi connectivity index (χ0v) is 12.0. The van der Waals surface area contributed by atoms with Crippen molar-refractivity contribution in [3.63, 3.8) is 0 Å². The Morgan fingerprint density at radius 2 is 1.85 bits per heavy atom. The lowest BCUT2D eigenvalue weighted by molar-refractivity contribution is -0.136. The van der Waals surface area contributed by atoms with Crippen LogP contribution >= 0.6 is 0 Å². The molecule has 0 unspecified atom stereocenters. The van der Waals surface area contributed by atoms with Crippen molar-refractivity contribution in [2.75, 3.05) is 11.9 Å². The number of carboxylic acids is 1. The molecule has 0 saturated heterocycles. The molecule has 1 aromatic rings. The summed E-state index contributed by atoms with van der Waals surface area (Å²) < 4.78 is 0. The predicted molar refractivity (Wildman–Crippen MR) is 78.8 cm³/mol. The van der Waals surface area contributed by atoms with Crippen LogP contribution in [0.2, 0.25) is 0 Å². The second kappa shape index (κ2) is 8.32. The molecule has 20 heavy (non-hydrogen) atoms. The van der Waals surface area contributed by atoms with Gasteiger partial charge in [-0.3, -0.25) is 9.59 Å². The van der Waals surface area contributed by atoms with Gasteiger partial charge in [-0.2, -0.15) is 0 Å². The van der Waals surface area contributed by atoms with E-state index in [1.807, 2.05) is 0 Å². The van der Waals surface area contributed by atoms with E-state index in [4.69, 9.17) is 5.11 Å². The molecule has 0 bridgehead atoms. The topological polar surface area (TPSA) is 78.4 Å². The second-order valence-corrected chi connectivity index (χ2v) is 5.03. The predicted octanol–water partition coefficient (Wildman–Crippen LogP) is 2.03. The fraction of sp³-hybridized carbons (Fsp3) is 0.467. The molecule has 1 aromatic carbocycles. The third-order valence-corrected chi connectivity index (χ3v) is 2.73. The Labute approximate surface area is 119 Å². The molecule has 0 aliphatic carbocycles. The van der Waals surface area contributed by atoms with Crippen molar-refractivity contribution in [3.05, 3.63) is 29.8 Å². The minimum Gasteiger partial charge on any atom is -0.481 e. The van der Waals surface area contributed by atoms with Gasteiger partial charge in [0.25, 0.3) is 0 Å². The van der Waals surface area contributed by atoms with Gasteiger partial charge in [0.15, 0.2) is 0 Å². The van der Waals surface area contributed by atoms with Gasteiger partial charge in [-0.25, -0.2) is 0 Å². The van der Waals surface area contributed by atoms with Gasteiger partial charge in [-0.05, 0) is 30.7 Å². The molecule has 3 N–H and O–H groups in total. The van der Waals surface area contributed by atoms with Crippen molar-refractivity contribution < 1.29 is 14.7 Å². The molecule has 0 heterocycles. The number of aliphatic carboxylic acids is 1. The first-order chi connectivity index (χ1) is 9.47. The summed E-state index contributed by atoms with van der Waals surface area (Å²) in [5.74, 6) is -0.888. The first kappa shape index (κ1) is 16.2. The molecule has 5 heteroatoms. The molecule has 0 aliphatic heterocycles. The van der Waals surface area contributed by atoms with E-state index in [2.05, 4.69) is 24.5 Å². The van der Waals surface area contributed by atoms with E-state index in [-0.39, 0.29) is 12.3 Å². The molecule has 5 nitrogen and oxygen atoms in total. The van der Waals surface area contributed by atoms with E-state index in [1.165, 1.54) is 0 Å². The summed E-state index contributed by atoms with van der Waals surface area (Å²) in [6, 6.07) is 7.30. The van der Waals surface area contributed by atoms with Gasteiger partial charge in [-0.15, -0.1) is 0 Å². The van der Waals surface area contributed by atoms with Crippen LogP contribution in [0.25, 0.3) is 0 Å². The number of carboxylic acid groups (broad SMARTS) is 1. The third-order valence-electron chi connectivity index (χ3n) is 2.73. The largest absolute Gasteiger partial charge is 0.481 e. The molecule has 0 aliphatic rings. The molecule has 110 valence electrons. The summed E-state index contributed by atoms with van der Waals surface area (Å²) in [4.78, 5) is 22.2. The van der Waals surface area contributed by atoms with Gasteiger partial charge >= 0.3 is 5.97 Å². The second-order valence-electron chi connectivity index (χ2n) is 5.03. The van der Waals surface area contributed by atoms with Gasteiger partial charge in [0.05, 0.1) is 6.42 Å². The Kier molecular flexibility index (Phi) is 6.73. The zero-order valence-electron chi connectivity index (χ0n) is 12.0. The number of rotatable bonds is 8. The van der Waals surface area contributed by atoms with E-state index >= 15 is 0 Å². The maximum Gasteiger partial charge on any atom is 0.307 e. The highest BCUT2D eigenvalue weighted by atomic mass is 16.4. The summed E-state index contributed by atoms with van der Waals surface area (Å²) in [6.45, 7) is 4.96. The molecular weight excluding hydrogens is 256 g/mol. The van der Waals surface area contributed by atoms with E-state index in [0.717, 1.165) is 18.5 Å². The first-order valence-electron chi connectivity index (χ1n) is 6.81. The van der Waals surface area contributed by atoms with Crippen LogP contribution in [-0.2, 0) is 16.0 Å². The fourth-order valence-electron chi connectivity index (χ4n) is 1.74. The van der Waals surface area contributed by atoms with Gasteiger partial charge in [-0.1, -0.05) is 26.0 Å². The standard InChI is InChI=1S/C15H22N2O3/c1-11(2)16-9-3-4-14(18)17-13-7-5-12(6-8-13)10-15(19)20/h5-8,11,16H,3-4,9-10H2,1-2H3,(H,17,18)(H,19,20). The van der Waals surface area contributed by atoms with E-state index < -0.39 is 5.97 Å². The highest BCUT2D eigenvalue weighted by Crippen LogP contribution is 2.10. The minimum absolute atomic E-state index is 0.00486. The maximum absolute atomic E-state index is 11.7. The van der Waals surface area contributed by atoms with E-state index in [0.29, 0.717) is 18.2 Å². The van der Waals surface area contributed by atoms with Crippen molar-refractivity contribution >= 4 is 17.6 Å². The molecule has 1 amide bonds. The van der Waals surface area contributed by atoms with Crippen LogP contribution in [0.3, 0.4) is 0 Å². The Balaban J connectivity index is 2.33. The number of amides is 1. The summed E-state index contributed by atoms with van der Waals surface area (Å²) in [5, 5.41) is 14.7. The van der Waals surface area contributed by atoms with Crippen LogP contribution in [0.4, 0.5) is 5.69 Å². The Hall–Kier alpha value is -1.88. The van der Waals surface area contributed by atoms with E-state index in [9.17, 15) is 9.59 Å². The summed E-state index contributed by atoms with van der Waals surface area (Å²) in [6.07, 6.45) is 1.26. The molecule has 0 fully saturated rings. The maximum atomic E-state index is 11.7. The number of anilines is 1. The van der Waals surface area contributed by atoms with Crippen molar-refractivity contribution in [2.45, 2.75) is 39.2 Å². The lowest BCUT2D eigenvalue weighted by Crippen LogP contribution is -2.24. The van der Waals surface area contributed by atoms with Crippen molar-refractivity contribution in [2.24, 2.45) is 0 Å². The average molecular weight is 278 g/mol. The Morgan fingerprint density at radius 1 is 1.20 bits per heavy atom. The van der Waals surface area contributed by atoms with Gasteiger partial charge < -0.3 is 15.7 Å². The van der Waals surface area contributed by atoms with Gasteiger partial charge in [0, 0.05) is 18.2 Å². The van der Waals surface area contributed by atoms with Crippen molar-refractivity contribution in [1.82, 2.24) is 5.32 Å². The van der Waals surface area contributed by atoms with Crippen LogP contribution < -0.4 is 10.6 Å². The number of benzene rings is 1. The van der Waals surface area contributed by atoms with Crippen LogP contribution in [-0.4, -0.2) is 29.6 Å². The zero-order chi connectivity index (χ0) is 15.0. The Morgan fingerprint density at radius 3 is 2.40 bits per heavy atom. The monoisotopic (exact) mass is 278 g/mol. The van der Waals surface area contributed by atoms with Crippen molar-refractivity contribution in [1.29, 1.82) is 0 Å². The molecule has 1 rings (SSSR count). The molecule has 0 atom stereocenters. The van der Waals surface area contributed by atoms with Crippen LogP contribution in [0.1, 0.15) is 32.3 Å². The molecule has 0 spiro atoms. The number of nitrogens with one attached hydrogen (secondary N) is 2. The number of hydrogen-bond acceptors (Lipinski definition) is 3. The SMILES string of the molecule is CC(C)NCCCC(=O)Nc1ccc(CC(=O)O)cc1. The van der Waals surface area contributed by atoms with Crippen LogP contribution in [0, 0.1) is 0 Å². The summed E-state index contributed by atoms with van der Waals surface area (Å²) in [7, 11) is 0. The van der Waals surface area contributed by atoms with Gasteiger partial charge in [0.1, 0.15) is 0 Å². The highest BCUT2D eigenvalue weighted by Gasteiger charge is 2.04. The lowest BCUT2D eigenvalue weighted by atomic mass is 10.1. The van der Waals surface area contributed by atoms with Crippen molar-refractivity contribution in [3.8, 4) is 0 Å². The minimum atomic E-state index is -0.862. The lowest BCUT2D eigenvalue weighted by Gasteiger charge is -2.08. The average Bonchev–Trinajstić information content (AvgIpc) is 2.36. The number of hydrogen-bond donors (Lipinski definition) is 3. The molecule has 0 aromatic heterocycles. The highest BCUT2D eigenvalue weighted by molar-refractivity contribution is 5.90. The van der Waals surface area contributed by atoms with Crippen LogP contribution in [0.5, 0.6) is 0 Å². The summed E-state index contributed by atoms with van der Waals surface area (Å²) >= 11 is 0. The quantitative estimate of drug-likeness (QED) is 0.636. The molecular formula is C15H22N2O3. The number of carbonyl (C=O) groups is 2. The Bertz CT molecular complexity index is 441.